The Morgan fingerprint density at radius 3 is 3.00 bits per heavy atom. The van der Waals surface area contributed by atoms with Gasteiger partial charge in [-0.1, -0.05) is 6.92 Å². The van der Waals surface area contributed by atoms with Gasteiger partial charge in [-0.3, -0.25) is 14.2 Å². The van der Waals surface area contributed by atoms with Crippen LogP contribution in [0, 0.1) is 0 Å². The lowest BCUT2D eigenvalue weighted by Gasteiger charge is -2.26. The van der Waals surface area contributed by atoms with E-state index in [2.05, 4.69) is 11.9 Å². The number of rotatable bonds is 7. The molecule has 0 saturated carbocycles. The molecule has 0 aliphatic carbocycles. The quantitative estimate of drug-likeness (QED) is 0.777. The molecule has 0 unspecified atom stereocenters. The van der Waals surface area contributed by atoms with Crippen molar-refractivity contribution >= 4 is 39.2 Å². The van der Waals surface area contributed by atoms with Crippen LogP contribution in [-0.2, 0) is 11.3 Å². The minimum atomic E-state index is -0.0714. The van der Waals surface area contributed by atoms with Crippen LogP contribution in [0.25, 0.3) is 10.2 Å². The molecule has 1 amide bonds. The lowest BCUT2D eigenvalue weighted by atomic mass is 10.2. The van der Waals surface area contributed by atoms with Gasteiger partial charge in [-0.15, -0.1) is 11.3 Å². The van der Waals surface area contributed by atoms with Gasteiger partial charge < -0.3 is 4.90 Å². The van der Waals surface area contributed by atoms with Crippen molar-refractivity contribution in [1.82, 2.24) is 14.5 Å². The molecule has 2 aromatic heterocycles. The number of amides is 1. The molecule has 0 aromatic carbocycles. The van der Waals surface area contributed by atoms with E-state index in [1.54, 1.807) is 22.7 Å². The SMILES string of the molecule is CC[C@@H](CSC)N(C)C(=O)CCn1cnc2sccc2c1=O. The van der Waals surface area contributed by atoms with Crippen LogP contribution in [0.15, 0.2) is 22.6 Å². The first kappa shape index (κ1) is 17.0. The molecule has 22 heavy (non-hydrogen) atoms. The van der Waals surface area contributed by atoms with Gasteiger partial charge in [0.1, 0.15) is 4.83 Å². The third-order valence-corrected chi connectivity index (χ3v) is 5.33. The second-order valence-electron chi connectivity index (χ2n) is 5.15. The number of nitrogens with zero attached hydrogens (tertiary/aromatic N) is 3. The van der Waals surface area contributed by atoms with Crippen LogP contribution in [0.1, 0.15) is 19.8 Å². The van der Waals surface area contributed by atoms with Crippen molar-refractivity contribution in [2.24, 2.45) is 0 Å². The molecule has 1 atom stereocenters. The Kier molecular flexibility index (Phi) is 6.02. The van der Waals surface area contributed by atoms with E-state index in [0.29, 0.717) is 18.4 Å². The molecule has 0 saturated heterocycles. The number of hydrogen-bond donors (Lipinski definition) is 0. The van der Waals surface area contributed by atoms with Crippen molar-refractivity contribution in [3.63, 3.8) is 0 Å². The zero-order chi connectivity index (χ0) is 16.1. The highest BCUT2D eigenvalue weighted by Crippen LogP contribution is 2.14. The van der Waals surface area contributed by atoms with Crippen LogP contribution >= 0.6 is 23.1 Å². The van der Waals surface area contributed by atoms with Crippen molar-refractivity contribution in [3.8, 4) is 0 Å². The second-order valence-corrected chi connectivity index (χ2v) is 6.96. The highest BCUT2D eigenvalue weighted by Gasteiger charge is 2.18. The van der Waals surface area contributed by atoms with Crippen LogP contribution < -0.4 is 5.56 Å². The highest BCUT2D eigenvalue weighted by molar-refractivity contribution is 7.98. The molecule has 2 heterocycles. The summed E-state index contributed by atoms with van der Waals surface area (Å²) in [6, 6.07) is 2.03. The number of thiophene rings is 1. The fraction of sp³-hybridized carbons (Fsp3) is 0.533. The number of carbonyl (C=O) groups is 1. The summed E-state index contributed by atoms with van der Waals surface area (Å²) in [7, 11) is 1.84. The van der Waals surface area contributed by atoms with Crippen LogP contribution in [0.2, 0.25) is 0 Å². The Bertz CT molecular complexity index is 695. The maximum absolute atomic E-state index is 12.3. The lowest BCUT2D eigenvalue weighted by molar-refractivity contribution is -0.131. The summed E-state index contributed by atoms with van der Waals surface area (Å²) in [6.07, 6.45) is 4.83. The van der Waals surface area contributed by atoms with E-state index in [1.807, 2.05) is 18.7 Å². The summed E-state index contributed by atoms with van der Waals surface area (Å²) >= 11 is 3.19. The third kappa shape index (κ3) is 3.70. The lowest BCUT2D eigenvalue weighted by Crippen LogP contribution is -2.39. The van der Waals surface area contributed by atoms with E-state index >= 15 is 0 Å². The normalized spacial score (nSPS) is 12.5. The van der Waals surface area contributed by atoms with Crippen LogP contribution in [0.5, 0.6) is 0 Å². The molecule has 0 bridgehead atoms. The molecule has 0 aliphatic rings. The molecule has 2 rings (SSSR count). The van der Waals surface area contributed by atoms with Crippen LogP contribution in [0.4, 0.5) is 0 Å². The van der Waals surface area contributed by atoms with E-state index < -0.39 is 0 Å². The van der Waals surface area contributed by atoms with Gasteiger partial charge in [-0.25, -0.2) is 4.98 Å². The largest absolute Gasteiger partial charge is 0.342 e. The Labute approximate surface area is 138 Å². The van der Waals surface area contributed by atoms with Gasteiger partial charge in [-0.2, -0.15) is 11.8 Å². The third-order valence-electron chi connectivity index (χ3n) is 3.79. The Balaban J connectivity index is 2.03. The first-order valence-corrected chi connectivity index (χ1v) is 9.53. The van der Waals surface area contributed by atoms with Crippen molar-refractivity contribution in [2.45, 2.75) is 32.4 Å². The highest BCUT2D eigenvalue weighted by atomic mass is 32.2. The molecule has 120 valence electrons. The summed E-state index contributed by atoms with van der Waals surface area (Å²) < 4.78 is 1.52. The summed E-state index contributed by atoms with van der Waals surface area (Å²) in [6.45, 7) is 2.46. The summed E-state index contributed by atoms with van der Waals surface area (Å²) in [5.74, 6) is 0.999. The standard InChI is InChI=1S/C15H21N3O2S2/c1-4-11(9-21-3)17(2)13(19)5-7-18-10-16-14-12(15(18)20)6-8-22-14/h6,8,10-11H,4-5,7,9H2,1-3H3/t11-/m0/s1. The maximum atomic E-state index is 12.3. The van der Waals surface area contributed by atoms with E-state index in [0.717, 1.165) is 17.0 Å². The number of fused-ring (bicyclic) bond motifs is 1. The summed E-state index contributed by atoms with van der Waals surface area (Å²) in [4.78, 5) is 31.4. The zero-order valence-electron chi connectivity index (χ0n) is 13.1. The Morgan fingerprint density at radius 1 is 1.55 bits per heavy atom. The Hall–Kier alpha value is -1.34. The van der Waals surface area contributed by atoms with E-state index in [9.17, 15) is 9.59 Å². The minimum absolute atomic E-state index is 0.0678. The van der Waals surface area contributed by atoms with Gasteiger partial charge in [0.15, 0.2) is 0 Å². The predicted molar refractivity (Wildman–Crippen MR) is 93.7 cm³/mol. The maximum Gasteiger partial charge on any atom is 0.262 e. The van der Waals surface area contributed by atoms with Gasteiger partial charge in [-0.05, 0) is 24.1 Å². The van der Waals surface area contributed by atoms with Crippen molar-refractivity contribution in [3.05, 3.63) is 28.1 Å². The van der Waals surface area contributed by atoms with E-state index in [4.69, 9.17) is 0 Å². The molecule has 0 aliphatic heterocycles. The fourth-order valence-corrected chi connectivity index (χ4v) is 3.91. The van der Waals surface area contributed by atoms with Gasteiger partial charge in [0.25, 0.3) is 5.56 Å². The second kappa shape index (κ2) is 7.78. The minimum Gasteiger partial charge on any atom is -0.342 e. The average molecular weight is 339 g/mol. The first-order chi connectivity index (χ1) is 10.6. The molecule has 0 radical (unpaired) electrons. The number of thioether (sulfide) groups is 1. The molecule has 0 fully saturated rings. The molecular weight excluding hydrogens is 318 g/mol. The molecule has 7 heteroatoms. The fourth-order valence-electron chi connectivity index (χ4n) is 2.34. The van der Waals surface area contributed by atoms with Gasteiger partial charge >= 0.3 is 0 Å². The van der Waals surface area contributed by atoms with E-state index in [-0.39, 0.29) is 17.5 Å². The number of carbonyl (C=O) groups excluding carboxylic acids is 1. The number of aromatic nitrogens is 2. The number of aryl methyl sites for hydroxylation is 1. The number of hydrogen-bond acceptors (Lipinski definition) is 5. The van der Waals surface area contributed by atoms with Gasteiger partial charge in [0, 0.05) is 31.8 Å². The van der Waals surface area contributed by atoms with Crippen molar-refractivity contribution < 1.29 is 4.79 Å². The van der Waals surface area contributed by atoms with Gasteiger partial charge in [0.2, 0.25) is 5.91 Å². The zero-order valence-corrected chi connectivity index (χ0v) is 14.7. The molecule has 2 aromatic rings. The average Bonchev–Trinajstić information content (AvgIpc) is 3.00. The van der Waals surface area contributed by atoms with E-state index in [1.165, 1.54) is 22.2 Å². The molecule has 0 spiro atoms. The summed E-state index contributed by atoms with van der Waals surface area (Å²) in [5, 5.41) is 2.48. The predicted octanol–water partition coefficient (Wildman–Crippen LogP) is 2.45. The van der Waals surface area contributed by atoms with Crippen molar-refractivity contribution in [2.75, 3.05) is 19.1 Å². The van der Waals surface area contributed by atoms with Crippen LogP contribution in [0.3, 0.4) is 0 Å². The molecule has 5 nitrogen and oxygen atoms in total. The topological polar surface area (TPSA) is 55.2 Å². The summed E-state index contributed by atoms with van der Waals surface area (Å²) in [5.41, 5.74) is -0.0714. The van der Waals surface area contributed by atoms with Crippen molar-refractivity contribution in [1.29, 1.82) is 0 Å². The monoisotopic (exact) mass is 339 g/mol. The van der Waals surface area contributed by atoms with Crippen LogP contribution in [-0.4, -0.2) is 45.5 Å². The Morgan fingerprint density at radius 2 is 2.32 bits per heavy atom. The smallest absolute Gasteiger partial charge is 0.262 e. The molecular formula is C15H21N3O2S2. The molecule has 0 N–H and O–H groups in total. The van der Waals surface area contributed by atoms with Gasteiger partial charge in [0.05, 0.1) is 11.7 Å². The first-order valence-electron chi connectivity index (χ1n) is 7.25.